The lowest BCUT2D eigenvalue weighted by Crippen LogP contribution is -2.36. The number of aromatic nitrogens is 3. The van der Waals surface area contributed by atoms with Crippen LogP contribution in [0.2, 0.25) is 0 Å². The molecule has 1 fully saturated rings. The molecule has 10 heteroatoms. The quantitative estimate of drug-likeness (QED) is 0.549. The van der Waals surface area contributed by atoms with Gasteiger partial charge in [-0.1, -0.05) is 11.3 Å². The summed E-state index contributed by atoms with van der Waals surface area (Å²) in [4.78, 5) is 14.1. The van der Waals surface area contributed by atoms with Gasteiger partial charge in [0.25, 0.3) is 0 Å². The average molecular weight is 489 g/mol. The van der Waals surface area contributed by atoms with Crippen molar-refractivity contribution >= 4 is 36.7 Å². The summed E-state index contributed by atoms with van der Waals surface area (Å²) in [7, 11) is 0.569. The molecule has 2 aliphatic rings. The summed E-state index contributed by atoms with van der Waals surface area (Å²) >= 11 is 1.55. The van der Waals surface area contributed by atoms with Crippen LogP contribution in [-0.4, -0.2) is 61.1 Å². The summed E-state index contributed by atoms with van der Waals surface area (Å²) in [5, 5.41) is 0.923. The summed E-state index contributed by atoms with van der Waals surface area (Å²) < 4.78 is 32.3. The molecule has 178 valence electrons. The number of likely N-dealkylation sites (tertiary alicyclic amines) is 1. The van der Waals surface area contributed by atoms with E-state index in [1.165, 1.54) is 12.8 Å². The smallest absolute Gasteiger partial charge is 0.241 e. The van der Waals surface area contributed by atoms with Crippen molar-refractivity contribution in [3.05, 3.63) is 35.9 Å². The highest BCUT2D eigenvalue weighted by Gasteiger charge is 2.25. The van der Waals surface area contributed by atoms with Crippen LogP contribution < -0.4 is 9.62 Å². The number of nitrogens with one attached hydrogen (secondary N) is 1. The maximum Gasteiger partial charge on any atom is 0.241 e. The van der Waals surface area contributed by atoms with Gasteiger partial charge in [-0.3, -0.25) is 0 Å². The molecule has 4 heterocycles. The third kappa shape index (κ3) is 4.53. The standard InChI is InChI=1S/C23H32N6O2S2/c1-16(20-14-24-22-8-4-5-12-29(20)22)26-33(30,31)18-9-10-19-21(13-18)32-23(25-19)28(3)15-17-7-6-11-27(17)2/h9-10,13-14,16-17,26H,4-8,11-12,15H2,1-3H3/t16?,17-/m0/s1. The van der Waals surface area contributed by atoms with Gasteiger partial charge in [0.05, 0.1) is 33.0 Å². The number of rotatable bonds is 7. The van der Waals surface area contributed by atoms with Crippen LogP contribution in [0.3, 0.4) is 0 Å². The summed E-state index contributed by atoms with van der Waals surface area (Å²) in [5.74, 6) is 1.05. The highest BCUT2D eigenvalue weighted by molar-refractivity contribution is 7.89. The largest absolute Gasteiger partial charge is 0.350 e. The molecule has 1 N–H and O–H groups in total. The Labute approximate surface area is 199 Å². The van der Waals surface area contributed by atoms with E-state index in [1.807, 2.05) is 19.2 Å². The van der Waals surface area contributed by atoms with E-state index in [9.17, 15) is 8.42 Å². The second kappa shape index (κ2) is 8.98. The van der Waals surface area contributed by atoms with E-state index in [0.717, 1.165) is 65.8 Å². The van der Waals surface area contributed by atoms with E-state index >= 15 is 0 Å². The van der Waals surface area contributed by atoms with Gasteiger partial charge in [-0.05, 0) is 64.4 Å². The number of hydrogen-bond donors (Lipinski definition) is 1. The Morgan fingerprint density at radius 3 is 2.91 bits per heavy atom. The Morgan fingerprint density at radius 1 is 1.27 bits per heavy atom. The second-order valence-electron chi connectivity index (χ2n) is 9.33. The highest BCUT2D eigenvalue weighted by atomic mass is 32.2. The normalized spacial score (nSPS) is 20.3. The SMILES string of the molecule is CC(NS(=O)(=O)c1ccc2nc(N(C)C[C@@H]3CCCN3C)sc2c1)c1cnc2n1CCCC2. The van der Waals surface area contributed by atoms with Crippen molar-refractivity contribution < 1.29 is 8.42 Å². The fourth-order valence-electron chi connectivity index (χ4n) is 4.97. The molecule has 1 unspecified atom stereocenters. The van der Waals surface area contributed by atoms with E-state index in [1.54, 1.807) is 23.5 Å². The molecule has 0 aliphatic carbocycles. The van der Waals surface area contributed by atoms with Crippen molar-refractivity contribution in [2.24, 2.45) is 0 Å². The number of aryl methyl sites for hydroxylation is 1. The molecular formula is C23H32N6O2S2. The van der Waals surface area contributed by atoms with Gasteiger partial charge in [-0.2, -0.15) is 0 Å². The second-order valence-corrected chi connectivity index (χ2v) is 12.1. The Kier molecular flexibility index (Phi) is 6.19. The number of nitrogens with zero attached hydrogens (tertiary/aromatic N) is 5. The number of likely N-dealkylation sites (N-methyl/N-ethyl adjacent to an activating group) is 2. The van der Waals surface area contributed by atoms with Crippen molar-refractivity contribution in [1.29, 1.82) is 0 Å². The van der Waals surface area contributed by atoms with Gasteiger partial charge in [0.15, 0.2) is 5.13 Å². The van der Waals surface area contributed by atoms with Gasteiger partial charge in [0, 0.05) is 32.6 Å². The number of benzene rings is 1. The van der Waals surface area contributed by atoms with Crippen LogP contribution in [0.15, 0.2) is 29.3 Å². The van der Waals surface area contributed by atoms with E-state index in [2.05, 4.69) is 38.2 Å². The number of imidazole rings is 1. The summed E-state index contributed by atoms with van der Waals surface area (Å²) in [6, 6.07) is 5.39. The minimum atomic E-state index is -3.67. The fourth-order valence-corrected chi connectivity index (χ4v) is 7.27. The Balaban J connectivity index is 1.34. The molecule has 2 aromatic heterocycles. The van der Waals surface area contributed by atoms with Gasteiger partial charge in [0.1, 0.15) is 5.82 Å². The highest BCUT2D eigenvalue weighted by Crippen LogP contribution is 2.31. The molecule has 1 aromatic carbocycles. The zero-order chi connectivity index (χ0) is 23.2. The van der Waals surface area contributed by atoms with Crippen LogP contribution in [0.5, 0.6) is 0 Å². The first-order valence-electron chi connectivity index (χ1n) is 11.7. The molecule has 33 heavy (non-hydrogen) atoms. The first kappa shape index (κ1) is 22.8. The van der Waals surface area contributed by atoms with Crippen molar-refractivity contribution in [3.8, 4) is 0 Å². The van der Waals surface area contributed by atoms with Crippen LogP contribution in [0, 0.1) is 0 Å². The van der Waals surface area contributed by atoms with Crippen LogP contribution in [0.4, 0.5) is 5.13 Å². The topological polar surface area (TPSA) is 83.4 Å². The minimum absolute atomic E-state index is 0.272. The van der Waals surface area contributed by atoms with E-state index in [4.69, 9.17) is 4.98 Å². The number of hydrogen-bond acceptors (Lipinski definition) is 7. The van der Waals surface area contributed by atoms with Crippen molar-refractivity contribution in [2.75, 3.05) is 32.1 Å². The number of fused-ring (bicyclic) bond motifs is 2. The van der Waals surface area contributed by atoms with E-state index in [-0.39, 0.29) is 10.9 Å². The Morgan fingerprint density at radius 2 is 2.12 bits per heavy atom. The van der Waals surface area contributed by atoms with E-state index in [0.29, 0.717) is 6.04 Å². The first-order valence-corrected chi connectivity index (χ1v) is 14.0. The van der Waals surface area contributed by atoms with Crippen LogP contribution in [-0.2, 0) is 23.0 Å². The lowest BCUT2D eigenvalue weighted by molar-refractivity contribution is 0.314. The lowest BCUT2D eigenvalue weighted by Gasteiger charge is -2.25. The molecule has 0 amide bonds. The van der Waals surface area contributed by atoms with Crippen LogP contribution >= 0.6 is 11.3 Å². The van der Waals surface area contributed by atoms with Crippen molar-refractivity contribution in [3.63, 3.8) is 0 Å². The molecule has 1 saturated heterocycles. The summed E-state index contributed by atoms with van der Waals surface area (Å²) in [6.07, 6.45) is 7.45. The molecule has 5 rings (SSSR count). The zero-order valence-corrected chi connectivity index (χ0v) is 21.1. The lowest BCUT2D eigenvalue weighted by atomic mass is 10.1. The minimum Gasteiger partial charge on any atom is -0.350 e. The molecule has 3 aromatic rings. The molecular weight excluding hydrogens is 456 g/mol. The van der Waals surface area contributed by atoms with E-state index < -0.39 is 10.0 Å². The summed E-state index contributed by atoms with van der Waals surface area (Å²) in [5.41, 5.74) is 1.76. The third-order valence-electron chi connectivity index (χ3n) is 6.92. The Bertz CT molecular complexity index is 1250. The molecule has 0 spiro atoms. The molecule has 0 bridgehead atoms. The maximum absolute atomic E-state index is 13.2. The number of sulfonamides is 1. The fraction of sp³-hybridized carbons (Fsp3) is 0.565. The average Bonchev–Trinajstić information content (AvgIpc) is 3.51. The van der Waals surface area contributed by atoms with Gasteiger partial charge in [0.2, 0.25) is 10.0 Å². The van der Waals surface area contributed by atoms with Crippen LogP contribution in [0.1, 0.15) is 50.2 Å². The number of anilines is 1. The van der Waals surface area contributed by atoms with Crippen molar-refractivity contribution in [1.82, 2.24) is 24.2 Å². The predicted molar refractivity (Wildman–Crippen MR) is 132 cm³/mol. The number of thiazole rings is 1. The first-order chi connectivity index (χ1) is 15.8. The monoisotopic (exact) mass is 488 g/mol. The van der Waals surface area contributed by atoms with Crippen molar-refractivity contribution in [2.45, 2.75) is 62.6 Å². The van der Waals surface area contributed by atoms with Gasteiger partial charge >= 0.3 is 0 Å². The third-order valence-corrected chi connectivity index (χ3v) is 9.59. The molecule has 0 saturated carbocycles. The zero-order valence-electron chi connectivity index (χ0n) is 19.5. The molecule has 2 atom stereocenters. The van der Waals surface area contributed by atoms with Crippen LogP contribution in [0.25, 0.3) is 10.2 Å². The molecule has 8 nitrogen and oxygen atoms in total. The summed E-state index contributed by atoms with van der Waals surface area (Å²) in [6.45, 7) is 4.86. The molecule has 0 radical (unpaired) electrons. The maximum atomic E-state index is 13.2. The Hall–Kier alpha value is -2.01. The van der Waals surface area contributed by atoms with Gasteiger partial charge in [-0.25, -0.2) is 23.1 Å². The van der Waals surface area contributed by atoms with Gasteiger partial charge in [-0.15, -0.1) is 0 Å². The molecule has 2 aliphatic heterocycles. The predicted octanol–water partition coefficient (Wildman–Crippen LogP) is 3.40. The van der Waals surface area contributed by atoms with Gasteiger partial charge < -0.3 is 14.4 Å².